The van der Waals surface area contributed by atoms with E-state index >= 15 is 0 Å². The van der Waals surface area contributed by atoms with E-state index in [1.807, 2.05) is 5.57 Å². The molecule has 0 radical (unpaired) electrons. The van der Waals surface area contributed by atoms with Gasteiger partial charge in [-0.05, 0) is 51.5 Å². The minimum atomic E-state index is 0.801. The molecule has 3 unspecified atom stereocenters. The fraction of sp³-hybridized carbons (Fsp3) is 0.867. The van der Waals surface area contributed by atoms with Gasteiger partial charge in [-0.3, -0.25) is 0 Å². The van der Waals surface area contributed by atoms with Crippen LogP contribution in [0.25, 0.3) is 0 Å². The molecular formula is C15H27N. The number of hydrogen-bond donors (Lipinski definition) is 0. The van der Waals surface area contributed by atoms with Crippen LogP contribution >= 0.6 is 0 Å². The Hall–Kier alpha value is -0.300. The standard InChI is InChI=1S/C15H27N/c1-5-7-14-12(6-2)8-9-13-11(3)16(4)10-15(13)14/h11,13,15H,5-10H2,1-4H3. The third-order valence-corrected chi connectivity index (χ3v) is 4.94. The zero-order valence-electron chi connectivity index (χ0n) is 11.4. The molecule has 1 aliphatic heterocycles. The van der Waals surface area contributed by atoms with Crippen LogP contribution in [-0.4, -0.2) is 24.5 Å². The predicted octanol–water partition coefficient (Wildman–Crippen LogP) is 3.85. The van der Waals surface area contributed by atoms with Crippen LogP contribution in [0.3, 0.4) is 0 Å². The van der Waals surface area contributed by atoms with Gasteiger partial charge in [0.25, 0.3) is 0 Å². The first-order valence-electron chi connectivity index (χ1n) is 7.10. The summed E-state index contributed by atoms with van der Waals surface area (Å²) in [6, 6.07) is 0.801. The summed E-state index contributed by atoms with van der Waals surface area (Å²) in [6.07, 6.45) is 6.78. The van der Waals surface area contributed by atoms with Crippen LogP contribution in [-0.2, 0) is 0 Å². The van der Waals surface area contributed by atoms with Crippen LogP contribution in [0, 0.1) is 11.8 Å². The lowest BCUT2D eigenvalue weighted by Crippen LogP contribution is -2.27. The van der Waals surface area contributed by atoms with Crippen molar-refractivity contribution in [1.29, 1.82) is 0 Å². The summed E-state index contributed by atoms with van der Waals surface area (Å²) in [7, 11) is 2.30. The molecule has 2 rings (SSSR count). The maximum Gasteiger partial charge on any atom is 0.00987 e. The lowest BCUT2D eigenvalue weighted by Gasteiger charge is -2.32. The van der Waals surface area contributed by atoms with Gasteiger partial charge in [0, 0.05) is 12.6 Å². The largest absolute Gasteiger partial charge is 0.303 e. The molecular weight excluding hydrogens is 194 g/mol. The zero-order chi connectivity index (χ0) is 11.7. The molecule has 92 valence electrons. The van der Waals surface area contributed by atoms with Gasteiger partial charge in [0.2, 0.25) is 0 Å². The molecule has 0 N–H and O–H groups in total. The highest BCUT2D eigenvalue weighted by atomic mass is 15.2. The first-order valence-corrected chi connectivity index (χ1v) is 7.10. The van der Waals surface area contributed by atoms with Gasteiger partial charge in [-0.25, -0.2) is 0 Å². The Labute approximate surface area is 101 Å². The number of rotatable bonds is 3. The Morgan fingerprint density at radius 3 is 2.69 bits per heavy atom. The van der Waals surface area contributed by atoms with E-state index in [0.29, 0.717) is 0 Å². The van der Waals surface area contributed by atoms with Crippen LogP contribution in [0.2, 0.25) is 0 Å². The van der Waals surface area contributed by atoms with Crippen molar-refractivity contribution in [2.24, 2.45) is 11.8 Å². The Morgan fingerprint density at radius 2 is 2.06 bits per heavy atom. The molecule has 0 saturated carbocycles. The van der Waals surface area contributed by atoms with Crippen LogP contribution < -0.4 is 0 Å². The van der Waals surface area contributed by atoms with E-state index in [4.69, 9.17) is 0 Å². The second-order valence-corrected chi connectivity index (χ2v) is 5.72. The van der Waals surface area contributed by atoms with Crippen LogP contribution in [0.1, 0.15) is 52.9 Å². The normalized spacial score (nSPS) is 35.6. The molecule has 0 aromatic heterocycles. The molecule has 1 fully saturated rings. The predicted molar refractivity (Wildman–Crippen MR) is 70.5 cm³/mol. The number of hydrogen-bond acceptors (Lipinski definition) is 1. The van der Waals surface area contributed by atoms with Crippen LogP contribution in [0.15, 0.2) is 11.1 Å². The van der Waals surface area contributed by atoms with Gasteiger partial charge in [0.1, 0.15) is 0 Å². The molecule has 0 amide bonds. The maximum absolute atomic E-state index is 2.57. The molecule has 0 aromatic carbocycles. The fourth-order valence-corrected chi connectivity index (χ4v) is 3.88. The average Bonchev–Trinajstić information content (AvgIpc) is 2.57. The number of likely N-dealkylation sites (tertiary alicyclic amines) is 1. The summed E-state index contributed by atoms with van der Waals surface area (Å²) >= 11 is 0. The van der Waals surface area contributed by atoms with Gasteiger partial charge >= 0.3 is 0 Å². The van der Waals surface area contributed by atoms with Crippen LogP contribution in [0.5, 0.6) is 0 Å². The SMILES string of the molecule is CCCC1=C(CC)CCC2C1CN(C)C2C. The second-order valence-electron chi connectivity index (χ2n) is 5.72. The molecule has 1 heterocycles. The lowest BCUT2D eigenvalue weighted by atomic mass is 9.73. The van der Waals surface area contributed by atoms with Crippen molar-refractivity contribution in [2.45, 2.75) is 58.9 Å². The minimum absolute atomic E-state index is 0.801. The topological polar surface area (TPSA) is 3.24 Å². The highest BCUT2D eigenvalue weighted by Gasteiger charge is 2.41. The van der Waals surface area contributed by atoms with E-state index in [1.165, 1.54) is 38.6 Å². The van der Waals surface area contributed by atoms with Crippen molar-refractivity contribution in [3.63, 3.8) is 0 Å². The van der Waals surface area contributed by atoms with E-state index in [0.717, 1.165) is 17.9 Å². The molecule has 0 spiro atoms. The fourth-order valence-electron chi connectivity index (χ4n) is 3.88. The van der Waals surface area contributed by atoms with E-state index in [-0.39, 0.29) is 0 Å². The van der Waals surface area contributed by atoms with Gasteiger partial charge in [0.15, 0.2) is 0 Å². The second kappa shape index (κ2) is 4.91. The number of allylic oxidation sites excluding steroid dienone is 1. The Kier molecular flexibility index (Phi) is 3.73. The summed E-state index contributed by atoms with van der Waals surface area (Å²) in [5.74, 6) is 1.84. The summed E-state index contributed by atoms with van der Waals surface area (Å²) in [5, 5.41) is 0. The smallest absolute Gasteiger partial charge is 0.00987 e. The molecule has 16 heavy (non-hydrogen) atoms. The molecule has 2 aliphatic rings. The minimum Gasteiger partial charge on any atom is -0.303 e. The maximum atomic E-state index is 2.57. The quantitative estimate of drug-likeness (QED) is 0.654. The molecule has 0 bridgehead atoms. The van der Waals surface area contributed by atoms with Crippen molar-refractivity contribution in [2.75, 3.05) is 13.6 Å². The third kappa shape index (κ3) is 1.95. The highest BCUT2D eigenvalue weighted by Crippen LogP contribution is 2.44. The molecule has 3 atom stereocenters. The summed E-state index contributed by atoms with van der Waals surface area (Å²) in [4.78, 5) is 2.57. The van der Waals surface area contributed by atoms with E-state index < -0.39 is 0 Å². The number of fused-ring (bicyclic) bond motifs is 1. The molecule has 1 saturated heterocycles. The lowest BCUT2D eigenvalue weighted by molar-refractivity contribution is 0.278. The highest BCUT2D eigenvalue weighted by molar-refractivity contribution is 5.24. The molecule has 0 aromatic rings. The van der Waals surface area contributed by atoms with E-state index in [9.17, 15) is 0 Å². The van der Waals surface area contributed by atoms with Crippen LogP contribution in [0.4, 0.5) is 0 Å². The van der Waals surface area contributed by atoms with Gasteiger partial charge in [-0.2, -0.15) is 0 Å². The zero-order valence-corrected chi connectivity index (χ0v) is 11.4. The van der Waals surface area contributed by atoms with Crippen molar-refractivity contribution in [3.8, 4) is 0 Å². The van der Waals surface area contributed by atoms with Gasteiger partial charge in [0.05, 0.1) is 0 Å². The Morgan fingerprint density at radius 1 is 1.31 bits per heavy atom. The molecule has 1 nitrogen and oxygen atoms in total. The summed E-state index contributed by atoms with van der Waals surface area (Å²) in [6.45, 7) is 8.40. The van der Waals surface area contributed by atoms with Crippen molar-refractivity contribution < 1.29 is 0 Å². The van der Waals surface area contributed by atoms with Crippen molar-refractivity contribution >= 4 is 0 Å². The first-order chi connectivity index (χ1) is 7.69. The van der Waals surface area contributed by atoms with E-state index in [1.54, 1.807) is 5.57 Å². The Balaban J connectivity index is 2.24. The summed E-state index contributed by atoms with van der Waals surface area (Å²) in [5.41, 5.74) is 3.64. The number of nitrogens with zero attached hydrogens (tertiary/aromatic N) is 1. The Bertz CT molecular complexity index is 279. The monoisotopic (exact) mass is 221 g/mol. The van der Waals surface area contributed by atoms with E-state index in [2.05, 4.69) is 32.7 Å². The first kappa shape index (κ1) is 12.2. The van der Waals surface area contributed by atoms with Crippen molar-refractivity contribution in [1.82, 2.24) is 4.90 Å². The van der Waals surface area contributed by atoms with Crippen molar-refractivity contribution in [3.05, 3.63) is 11.1 Å². The average molecular weight is 221 g/mol. The van der Waals surface area contributed by atoms with Gasteiger partial charge in [-0.1, -0.05) is 31.4 Å². The molecule has 1 aliphatic carbocycles. The van der Waals surface area contributed by atoms with Gasteiger partial charge < -0.3 is 4.90 Å². The van der Waals surface area contributed by atoms with Gasteiger partial charge in [-0.15, -0.1) is 0 Å². The molecule has 1 heteroatoms. The third-order valence-electron chi connectivity index (χ3n) is 4.94. The summed E-state index contributed by atoms with van der Waals surface area (Å²) < 4.78 is 0.